The molecule has 0 amide bonds. The number of fused-ring (bicyclic) bond motifs is 6. The van der Waals surface area contributed by atoms with Crippen molar-refractivity contribution >= 4 is 43.6 Å². The smallest absolute Gasteiger partial charge is 0.309 e. The molecule has 2 aromatic heterocycles. The first-order valence-electron chi connectivity index (χ1n) is 21.9. The van der Waals surface area contributed by atoms with Gasteiger partial charge < -0.3 is 9.13 Å². The number of benzene rings is 9. The number of aryl methyl sites for hydroxylation is 2. The third-order valence-corrected chi connectivity index (χ3v) is 12.9. The molecule has 0 unspecified atom stereocenters. The van der Waals surface area contributed by atoms with Crippen molar-refractivity contribution in [3.05, 3.63) is 216 Å². The monoisotopic (exact) mass is 901 g/mol. The van der Waals surface area contributed by atoms with Crippen LogP contribution in [0.3, 0.4) is 0 Å². The van der Waals surface area contributed by atoms with Gasteiger partial charge in [0.15, 0.2) is 0 Å². The molecule has 3 nitrogen and oxygen atoms in total. The normalized spacial score (nSPS) is 12.1. The third-order valence-electron chi connectivity index (χ3n) is 12.9. The molecule has 11 rings (SSSR count). The van der Waals surface area contributed by atoms with Crippen LogP contribution in [0.1, 0.15) is 27.8 Å². The van der Waals surface area contributed by atoms with Crippen LogP contribution in [0.5, 0.6) is 0 Å². The molecule has 9 aromatic carbocycles. The predicted molar refractivity (Wildman–Crippen MR) is 261 cm³/mol. The van der Waals surface area contributed by atoms with Crippen molar-refractivity contribution in [3.8, 4) is 62.0 Å². The average molecular weight is 902 g/mol. The summed E-state index contributed by atoms with van der Waals surface area (Å²) in [5, 5.41) is 14.2. The maximum atomic E-state index is 14.4. The molecule has 2 heterocycles. The van der Waals surface area contributed by atoms with Crippen LogP contribution in [0.15, 0.2) is 188 Å². The zero-order valence-electron chi connectivity index (χ0n) is 36.5. The molecule has 0 atom stereocenters. The van der Waals surface area contributed by atoms with Crippen LogP contribution in [0.25, 0.3) is 99.5 Å². The molecule has 0 saturated carbocycles. The van der Waals surface area contributed by atoms with Crippen molar-refractivity contribution in [1.82, 2.24) is 9.13 Å². The van der Waals surface area contributed by atoms with E-state index in [4.69, 9.17) is 0 Å². The maximum absolute atomic E-state index is 14.4. The Morgan fingerprint density at radius 1 is 0.368 bits per heavy atom. The quantitative estimate of drug-likeness (QED) is 0.153. The molecule has 0 aliphatic heterocycles. The van der Waals surface area contributed by atoms with E-state index in [1.165, 1.54) is 0 Å². The fourth-order valence-electron chi connectivity index (χ4n) is 9.58. The van der Waals surface area contributed by atoms with Crippen molar-refractivity contribution in [1.29, 1.82) is 5.26 Å². The second-order valence-electron chi connectivity index (χ2n) is 17.3. The molecular weight excluding hydrogens is 865 g/mol. The summed E-state index contributed by atoms with van der Waals surface area (Å²) in [5.41, 5.74) is 9.54. The average Bonchev–Trinajstić information content (AvgIpc) is 3.85. The summed E-state index contributed by atoms with van der Waals surface area (Å²) in [6.07, 6.45) is -10.1. The number of aromatic nitrogens is 2. The van der Waals surface area contributed by atoms with E-state index in [0.29, 0.717) is 28.1 Å². The molecule has 0 aliphatic rings. The van der Waals surface area contributed by atoms with E-state index in [-0.39, 0.29) is 17.2 Å². The van der Waals surface area contributed by atoms with Crippen molar-refractivity contribution in [2.75, 3.05) is 0 Å². The molecule has 9 heteroatoms. The Kier molecular flexibility index (Phi) is 9.90. The zero-order chi connectivity index (χ0) is 47.1. The van der Waals surface area contributed by atoms with Crippen molar-refractivity contribution in [2.24, 2.45) is 0 Å². The van der Waals surface area contributed by atoms with Crippen molar-refractivity contribution < 1.29 is 26.3 Å². The van der Waals surface area contributed by atoms with Gasteiger partial charge in [0.25, 0.3) is 0 Å². The number of nitrogens with zero attached hydrogens (tertiary/aromatic N) is 3. The van der Waals surface area contributed by atoms with Crippen LogP contribution in [-0.4, -0.2) is 9.13 Å². The lowest BCUT2D eigenvalue weighted by Crippen LogP contribution is -2.11. The van der Waals surface area contributed by atoms with Gasteiger partial charge in [-0.15, -0.1) is 0 Å². The van der Waals surface area contributed by atoms with Gasteiger partial charge >= 0.3 is 12.4 Å². The first kappa shape index (κ1) is 42.3. The molecule has 0 bridgehead atoms. The second kappa shape index (κ2) is 15.9. The summed E-state index contributed by atoms with van der Waals surface area (Å²) in [4.78, 5) is 0. The molecule has 0 spiro atoms. The Morgan fingerprint density at radius 3 is 1.31 bits per heavy atom. The van der Waals surface area contributed by atoms with Gasteiger partial charge in [-0.25, -0.2) is 0 Å². The van der Waals surface area contributed by atoms with Gasteiger partial charge in [-0.3, -0.25) is 0 Å². The fraction of sp³-hybridized carbons (Fsp3) is 0.0678. The summed E-state index contributed by atoms with van der Waals surface area (Å²) >= 11 is 0. The second-order valence-corrected chi connectivity index (χ2v) is 17.3. The lowest BCUT2D eigenvalue weighted by Gasteiger charge is -2.21. The highest BCUT2D eigenvalue weighted by Gasteiger charge is 2.37. The number of hydrogen-bond acceptors (Lipinski definition) is 1. The third kappa shape index (κ3) is 7.26. The lowest BCUT2D eigenvalue weighted by atomic mass is 9.93. The number of hydrogen-bond donors (Lipinski definition) is 0. The molecule has 0 aliphatic carbocycles. The van der Waals surface area contributed by atoms with E-state index in [1.54, 1.807) is 30.3 Å². The van der Waals surface area contributed by atoms with E-state index in [9.17, 15) is 31.6 Å². The van der Waals surface area contributed by atoms with Gasteiger partial charge in [-0.2, -0.15) is 31.6 Å². The highest BCUT2D eigenvalue weighted by Crippen LogP contribution is 2.45. The van der Waals surface area contributed by atoms with Gasteiger partial charge in [0.1, 0.15) is 0 Å². The van der Waals surface area contributed by atoms with Crippen LogP contribution >= 0.6 is 0 Å². The van der Waals surface area contributed by atoms with Crippen molar-refractivity contribution in [2.45, 2.75) is 26.2 Å². The Balaban J connectivity index is 1.22. The first-order chi connectivity index (χ1) is 32.7. The first-order valence-corrected chi connectivity index (χ1v) is 21.9. The zero-order valence-corrected chi connectivity index (χ0v) is 36.5. The highest BCUT2D eigenvalue weighted by atomic mass is 19.4. The van der Waals surface area contributed by atoms with Crippen LogP contribution in [0.4, 0.5) is 26.3 Å². The Labute approximate surface area is 387 Å². The number of rotatable bonds is 6. The number of nitriles is 1. The predicted octanol–water partition coefficient (Wildman–Crippen LogP) is 17.1. The summed E-state index contributed by atoms with van der Waals surface area (Å²) in [6, 6.07) is 59.3. The largest absolute Gasteiger partial charge is 0.416 e. The van der Waals surface area contributed by atoms with Crippen molar-refractivity contribution in [3.63, 3.8) is 0 Å². The van der Waals surface area contributed by atoms with E-state index in [0.717, 1.165) is 89.1 Å². The molecule has 330 valence electrons. The number of para-hydroxylation sites is 2. The SMILES string of the molecule is Cc1ccc(-c2ccc3c(c2)c2ccccc2n3-c2ccc(C#N)cc2-c2ccc(-c3cc(C(F)(F)F)cc(C(F)(F)F)c3)cc2-n2c3ccccc3c3cc(-c4ccc(C)cc4)ccc32)cc1. The maximum Gasteiger partial charge on any atom is 0.416 e. The van der Waals surface area contributed by atoms with Gasteiger partial charge in [-0.05, 0) is 126 Å². The molecule has 0 fully saturated rings. The molecule has 0 radical (unpaired) electrons. The minimum Gasteiger partial charge on any atom is -0.309 e. The van der Waals surface area contributed by atoms with Gasteiger partial charge in [0.2, 0.25) is 0 Å². The molecule has 11 aromatic rings. The topological polar surface area (TPSA) is 33.6 Å². The highest BCUT2D eigenvalue weighted by molar-refractivity contribution is 6.13. The minimum absolute atomic E-state index is 0.140. The molecule has 0 saturated heterocycles. The fourth-order valence-corrected chi connectivity index (χ4v) is 9.58. The Bertz CT molecular complexity index is 3810. The van der Waals surface area contributed by atoms with Crippen LogP contribution in [0.2, 0.25) is 0 Å². The molecule has 68 heavy (non-hydrogen) atoms. The van der Waals surface area contributed by atoms with E-state index < -0.39 is 23.5 Å². The Hall–Kier alpha value is -8.35. The van der Waals surface area contributed by atoms with Gasteiger partial charge in [0.05, 0.1) is 56.2 Å². The number of halogens is 6. The summed E-state index contributed by atoms with van der Waals surface area (Å²) in [6.45, 7) is 4.07. The van der Waals surface area contributed by atoms with Crippen LogP contribution in [0, 0.1) is 25.2 Å². The van der Waals surface area contributed by atoms with E-state index >= 15 is 0 Å². The van der Waals surface area contributed by atoms with Gasteiger partial charge in [0, 0.05) is 32.7 Å². The van der Waals surface area contributed by atoms with E-state index in [1.807, 2.05) is 91.2 Å². The summed E-state index contributed by atoms with van der Waals surface area (Å²) in [7, 11) is 0. The lowest BCUT2D eigenvalue weighted by molar-refractivity contribution is -0.143. The standard InChI is InChI=1S/C59H37F6N3/c1-35-11-16-38(17-12-35)40-21-25-55-50(30-40)46-7-3-5-9-52(46)67(55)54-24-15-37(34-66)27-49(54)48-23-20-42(43-28-44(58(60,61)62)33-45(29-43)59(63,64)65)32-57(48)68-53-10-6-4-8-47(53)51-31-41(22-26-56(51)68)39-18-13-36(2)14-19-39/h3-33H,1-2H3. The van der Waals surface area contributed by atoms with Gasteiger partial charge in [-0.1, -0.05) is 120 Å². The minimum atomic E-state index is -5.05. The Morgan fingerprint density at radius 2 is 0.809 bits per heavy atom. The molecule has 0 N–H and O–H groups in total. The van der Waals surface area contributed by atoms with Crippen LogP contribution in [-0.2, 0) is 12.4 Å². The summed E-state index contributed by atoms with van der Waals surface area (Å²) in [5.74, 6) is 0. The molecular formula is C59H37F6N3. The van der Waals surface area contributed by atoms with E-state index in [2.05, 4.69) is 77.4 Å². The summed E-state index contributed by atoms with van der Waals surface area (Å²) < 4.78 is 90.3. The van der Waals surface area contributed by atoms with Crippen LogP contribution < -0.4 is 0 Å². The number of alkyl halides is 6.